The molecule has 0 spiro atoms. The van der Waals surface area contributed by atoms with Crippen LogP contribution in [0.1, 0.15) is 109 Å². The fourth-order valence-electron chi connectivity index (χ4n) is 6.75. The molecule has 1 aliphatic carbocycles. The van der Waals surface area contributed by atoms with E-state index in [-0.39, 0.29) is 5.41 Å². The van der Waals surface area contributed by atoms with E-state index in [0.29, 0.717) is 0 Å². The maximum absolute atomic E-state index is 3.83. The predicted octanol–water partition coefficient (Wildman–Crippen LogP) is 11.6. The molecule has 0 unspecified atom stereocenters. The number of fused-ring (bicyclic) bond motifs is 3. The number of hydrogen-bond acceptors (Lipinski definition) is 0. The Labute approximate surface area is 234 Å². The van der Waals surface area contributed by atoms with E-state index in [1.165, 1.54) is 96.9 Å². The van der Waals surface area contributed by atoms with E-state index in [2.05, 4.69) is 96.0 Å². The van der Waals surface area contributed by atoms with Crippen molar-refractivity contribution in [1.82, 2.24) is 0 Å². The van der Waals surface area contributed by atoms with Crippen LogP contribution in [0.25, 0.3) is 11.1 Å². The van der Waals surface area contributed by atoms with E-state index in [1.807, 2.05) is 0 Å². The molecule has 35 heavy (non-hydrogen) atoms. The Morgan fingerprint density at radius 1 is 0.571 bits per heavy atom. The molecule has 0 heterocycles. The first-order valence-electron chi connectivity index (χ1n) is 14.6. The summed E-state index contributed by atoms with van der Waals surface area (Å²) in [5.41, 5.74) is 6.26. The number of benzene rings is 2. The third-order valence-electron chi connectivity index (χ3n) is 8.73. The van der Waals surface area contributed by atoms with E-state index in [0.717, 1.165) is 0 Å². The molecule has 0 saturated carbocycles. The van der Waals surface area contributed by atoms with E-state index in [4.69, 9.17) is 0 Å². The Kier molecular flexibility index (Phi) is 11.8. The standard InChI is InChI=1S/C32H49Br2P/c1-5-9-18-32(19-13-23-35(20-10-6-2,21-11-7-3)22-12-8-4)30-24-26(33)14-16-28(30)29-17-15-27(34)25-31(29)32/h14-17,24-25,35H,5-13,18-23H2,1-4H3. The Morgan fingerprint density at radius 2 is 0.971 bits per heavy atom. The van der Waals surface area contributed by atoms with Gasteiger partial charge in [-0.25, -0.2) is 0 Å². The van der Waals surface area contributed by atoms with Crippen molar-refractivity contribution in [3.8, 4) is 11.1 Å². The van der Waals surface area contributed by atoms with E-state index >= 15 is 0 Å². The molecule has 0 nitrogen and oxygen atoms in total. The van der Waals surface area contributed by atoms with E-state index < -0.39 is 7.26 Å². The molecule has 0 N–H and O–H groups in total. The van der Waals surface area contributed by atoms with Crippen molar-refractivity contribution in [3.63, 3.8) is 0 Å². The van der Waals surface area contributed by atoms with Gasteiger partial charge >= 0.3 is 235 Å². The normalized spacial score (nSPS) is 14.7. The second kappa shape index (κ2) is 14.1. The first kappa shape index (κ1) is 29.4. The number of rotatable bonds is 16. The van der Waals surface area contributed by atoms with Crippen molar-refractivity contribution in [2.75, 3.05) is 24.6 Å². The van der Waals surface area contributed by atoms with Crippen LogP contribution >= 0.6 is 39.1 Å². The summed E-state index contributed by atoms with van der Waals surface area (Å²) in [5.74, 6) is 0. The van der Waals surface area contributed by atoms with Gasteiger partial charge in [0.2, 0.25) is 0 Å². The van der Waals surface area contributed by atoms with Gasteiger partial charge in [-0.2, -0.15) is 0 Å². The van der Waals surface area contributed by atoms with Gasteiger partial charge in [-0.15, -0.1) is 0 Å². The van der Waals surface area contributed by atoms with Crippen LogP contribution < -0.4 is 0 Å². The van der Waals surface area contributed by atoms with Crippen molar-refractivity contribution in [2.45, 2.75) is 104 Å². The SMILES string of the molecule is CCCCC1(CCC[PH](CCCC)(CCCC)CCCC)c2cc(Br)ccc2-c2ccc(Br)cc21. The van der Waals surface area contributed by atoms with Gasteiger partial charge in [0.05, 0.1) is 0 Å². The average molecular weight is 625 g/mol. The molecule has 0 aliphatic heterocycles. The van der Waals surface area contributed by atoms with Gasteiger partial charge in [-0.05, 0) is 0 Å². The molecule has 0 amide bonds. The quantitative estimate of drug-likeness (QED) is 0.163. The van der Waals surface area contributed by atoms with Crippen molar-refractivity contribution in [2.24, 2.45) is 0 Å². The summed E-state index contributed by atoms with van der Waals surface area (Å²) in [4.78, 5) is 0. The maximum atomic E-state index is 3.83. The average Bonchev–Trinajstić information content (AvgIpc) is 3.11. The van der Waals surface area contributed by atoms with Gasteiger partial charge in [-0.1, -0.05) is 0 Å². The molecule has 0 bridgehead atoms. The van der Waals surface area contributed by atoms with Crippen LogP contribution in [0.2, 0.25) is 0 Å². The third kappa shape index (κ3) is 7.03. The topological polar surface area (TPSA) is 0 Å². The van der Waals surface area contributed by atoms with Gasteiger partial charge < -0.3 is 0 Å². The zero-order valence-electron chi connectivity index (χ0n) is 22.8. The van der Waals surface area contributed by atoms with Gasteiger partial charge in [-0.3, -0.25) is 0 Å². The van der Waals surface area contributed by atoms with E-state index in [9.17, 15) is 0 Å². The first-order chi connectivity index (χ1) is 16.9. The molecule has 3 heteroatoms. The van der Waals surface area contributed by atoms with Crippen LogP contribution in [0.15, 0.2) is 45.3 Å². The summed E-state index contributed by atoms with van der Waals surface area (Å²) in [7, 11) is -1.22. The van der Waals surface area contributed by atoms with Gasteiger partial charge in [0.15, 0.2) is 0 Å². The summed E-state index contributed by atoms with van der Waals surface area (Å²) in [6.45, 7) is 9.52. The minimum atomic E-state index is -1.22. The second-order valence-corrected chi connectivity index (χ2v) is 18.1. The van der Waals surface area contributed by atoms with Crippen LogP contribution in [-0.2, 0) is 5.41 Å². The number of unbranched alkanes of at least 4 members (excludes halogenated alkanes) is 4. The van der Waals surface area contributed by atoms with Crippen molar-refractivity contribution in [3.05, 3.63) is 56.5 Å². The molecule has 0 radical (unpaired) electrons. The van der Waals surface area contributed by atoms with Crippen molar-refractivity contribution in [1.29, 1.82) is 0 Å². The number of halogens is 2. The first-order valence-corrected chi connectivity index (χ1v) is 19.0. The zero-order valence-corrected chi connectivity index (χ0v) is 27.0. The van der Waals surface area contributed by atoms with Gasteiger partial charge in [0.25, 0.3) is 0 Å². The monoisotopic (exact) mass is 622 g/mol. The molecule has 0 atom stereocenters. The molecule has 0 fully saturated rings. The molecule has 2 aromatic rings. The molecular weight excluding hydrogens is 575 g/mol. The molecule has 3 rings (SSSR count). The predicted molar refractivity (Wildman–Crippen MR) is 169 cm³/mol. The summed E-state index contributed by atoms with van der Waals surface area (Å²) in [6, 6.07) is 14.1. The fourth-order valence-corrected chi connectivity index (χ4v) is 13.2. The Morgan fingerprint density at radius 3 is 1.40 bits per heavy atom. The van der Waals surface area contributed by atoms with Crippen LogP contribution in [0.5, 0.6) is 0 Å². The molecule has 1 aliphatic rings. The molecule has 196 valence electrons. The Bertz CT molecular complexity index is 862. The Hall–Kier alpha value is -0.170. The molecule has 0 saturated heterocycles. The summed E-state index contributed by atoms with van der Waals surface area (Å²) < 4.78 is 2.45. The number of hydrogen-bond donors (Lipinski definition) is 0. The fraction of sp³-hybridized carbons (Fsp3) is 0.625. The van der Waals surface area contributed by atoms with Crippen LogP contribution in [-0.4, -0.2) is 24.6 Å². The zero-order chi connectivity index (χ0) is 25.3. The van der Waals surface area contributed by atoms with E-state index in [1.54, 1.807) is 29.6 Å². The third-order valence-corrected chi connectivity index (χ3v) is 15.4. The molecule has 2 aromatic carbocycles. The van der Waals surface area contributed by atoms with Crippen molar-refractivity contribution >= 4 is 39.1 Å². The van der Waals surface area contributed by atoms with Crippen molar-refractivity contribution < 1.29 is 0 Å². The minimum absolute atomic E-state index is 0.161. The van der Waals surface area contributed by atoms with Crippen LogP contribution in [0.4, 0.5) is 0 Å². The summed E-state index contributed by atoms with van der Waals surface area (Å²) in [5, 5.41) is 0. The van der Waals surface area contributed by atoms with Crippen LogP contribution in [0.3, 0.4) is 0 Å². The molecule has 0 aromatic heterocycles. The van der Waals surface area contributed by atoms with Gasteiger partial charge in [0, 0.05) is 0 Å². The van der Waals surface area contributed by atoms with Crippen LogP contribution in [0, 0.1) is 0 Å². The Balaban J connectivity index is 1.96. The van der Waals surface area contributed by atoms with Gasteiger partial charge in [0.1, 0.15) is 0 Å². The molecular formula is C32H49Br2P. The second-order valence-electron chi connectivity index (χ2n) is 11.2. The summed E-state index contributed by atoms with van der Waals surface area (Å²) >= 11 is 7.65. The summed E-state index contributed by atoms with van der Waals surface area (Å²) in [6.07, 6.45) is 21.2.